The number of thioether (sulfide) groups is 1. The third-order valence-corrected chi connectivity index (χ3v) is 5.82. The van der Waals surface area contributed by atoms with Gasteiger partial charge in [-0.25, -0.2) is 0 Å². The van der Waals surface area contributed by atoms with Crippen LogP contribution in [-0.4, -0.2) is 26.4 Å². The molecule has 1 N–H and O–H groups in total. The Kier molecular flexibility index (Phi) is 5.99. The molecule has 6 nitrogen and oxygen atoms in total. The molecule has 1 unspecified atom stereocenters. The molecule has 4 aromatic rings. The van der Waals surface area contributed by atoms with Crippen molar-refractivity contribution in [1.82, 2.24) is 20.1 Å². The maximum absolute atomic E-state index is 12.4. The number of hydrogen-bond donors (Lipinski definition) is 1. The summed E-state index contributed by atoms with van der Waals surface area (Å²) >= 11 is 1.35. The monoisotopic (exact) mass is 418 g/mol. The van der Waals surface area contributed by atoms with Crippen LogP contribution in [0.5, 0.6) is 0 Å². The summed E-state index contributed by atoms with van der Waals surface area (Å²) in [7, 11) is 1.86. The van der Waals surface area contributed by atoms with Gasteiger partial charge in [-0.2, -0.15) is 0 Å². The van der Waals surface area contributed by atoms with Gasteiger partial charge < -0.3 is 14.3 Å². The quantitative estimate of drug-likeness (QED) is 0.440. The summed E-state index contributed by atoms with van der Waals surface area (Å²) in [6.07, 6.45) is 1.60. The standard InChI is InChI=1S/C23H22N4O2S/c1-16(17-10-12-19(13-11-17)18-7-4-3-5-8-18)24-21(28)15-30-23-26-25-22(27(23)2)20-9-6-14-29-20/h3-14,16H,15H2,1-2H3,(H,24,28). The van der Waals surface area contributed by atoms with E-state index in [-0.39, 0.29) is 17.7 Å². The van der Waals surface area contributed by atoms with E-state index in [0.29, 0.717) is 16.7 Å². The van der Waals surface area contributed by atoms with Crippen LogP contribution in [0, 0.1) is 0 Å². The van der Waals surface area contributed by atoms with Gasteiger partial charge in [0.1, 0.15) is 0 Å². The lowest BCUT2D eigenvalue weighted by Crippen LogP contribution is -2.28. The van der Waals surface area contributed by atoms with E-state index >= 15 is 0 Å². The molecule has 1 atom stereocenters. The number of nitrogens with zero attached hydrogens (tertiary/aromatic N) is 3. The molecule has 0 spiro atoms. The summed E-state index contributed by atoms with van der Waals surface area (Å²) < 4.78 is 7.19. The largest absolute Gasteiger partial charge is 0.461 e. The highest BCUT2D eigenvalue weighted by atomic mass is 32.2. The molecule has 30 heavy (non-hydrogen) atoms. The normalized spacial score (nSPS) is 11.9. The van der Waals surface area contributed by atoms with Crippen molar-refractivity contribution in [1.29, 1.82) is 0 Å². The van der Waals surface area contributed by atoms with E-state index in [4.69, 9.17) is 4.42 Å². The molecule has 152 valence electrons. The fourth-order valence-electron chi connectivity index (χ4n) is 3.15. The molecule has 0 aliphatic heterocycles. The van der Waals surface area contributed by atoms with Gasteiger partial charge in [-0.15, -0.1) is 10.2 Å². The molecule has 0 aliphatic carbocycles. The molecule has 4 rings (SSSR count). The van der Waals surface area contributed by atoms with Crippen molar-refractivity contribution in [3.63, 3.8) is 0 Å². The first-order chi connectivity index (χ1) is 14.6. The van der Waals surface area contributed by atoms with E-state index in [0.717, 1.165) is 11.1 Å². The van der Waals surface area contributed by atoms with Crippen molar-refractivity contribution in [3.8, 4) is 22.7 Å². The zero-order chi connectivity index (χ0) is 20.9. The van der Waals surface area contributed by atoms with Crippen LogP contribution in [0.4, 0.5) is 0 Å². The van der Waals surface area contributed by atoms with Gasteiger partial charge in [-0.1, -0.05) is 66.4 Å². The average molecular weight is 419 g/mol. The molecule has 1 amide bonds. The SMILES string of the molecule is CC(NC(=O)CSc1nnc(-c2ccco2)n1C)c1ccc(-c2ccccc2)cc1. The second-order valence-electron chi connectivity index (χ2n) is 6.91. The minimum absolute atomic E-state index is 0.0535. The number of rotatable bonds is 7. The molecule has 0 fully saturated rings. The molecule has 0 bridgehead atoms. The summed E-state index contributed by atoms with van der Waals surface area (Å²) in [6, 6.07) is 22.0. The average Bonchev–Trinajstić information content (AvgIpc) is 3.43. The lowest BCUT2D eigenvalue weighted by molar-refractivity contribution is -0.119. The van der Waals surface area contributed by atoms with Crippen molar-refractivity contribution in [2.45, 2.75) is 18.1 Å². The van der Waals surface area contributed by atoms with Gasteiger partial charge in [-0.05, 0) is 35.7 Å². The fraction of sp³-hybridized carbons (Fsp3) is 0.174. The molecular weight excluding hydrogens is 396 g/mol. The van der Waals surface area contributed by atoms with E-state index in [9.17, 15) is 4.79 Å². The lowest BCUT2D eigenvalue weighted by Gasteiger charge is -2.15. The molecule has 0 aliphatic rings. The van der Waals surface area contributed by atoms with E-state index in [2.05, 4.69) is 51.9 Å². The first-order valence-corrected chi connectivity index (χ1v) is 10.6. The van der Waals surface area contributed by atoms with Gasteiger partial charge >= 0.3 is 0 Å². The molecule has 0 saturated carbocycles. The highest BCUT2D eigenvalue weighted by Gasteiger charge is 2.16. The number of amides is 1. The number of furan rings is 1. The van der Waals surface area contributed by atoms with Gasteiger partial charge in [0.15, 0.2) is 16.7 Å². The summed E-state index contributed by atoms with van der Waals surface area (Å²) in [4.78, 5) is 12.4. The molecule has 0 radical (unpaired) electrons. The van der Waals surface area contributed by atoms with Gasteiger partial charge in [-0.3, -0.25) is 4.79 Å². The Morgan fingerprint density at radius 2 is 1.77 bits per heavy atom. The Morgan fingerprint density at radius 1 is 1.03 bits per heavy atom. The Balaban J connectivity index is 1.33. The molecule has 7 heteroatoms. The second kappa shape index (κ2) is 9.00. The summed E-state index contributed by atoms with van der Waals surface area (Å²) in [5.41, 5.74) is 3.39. The van der Waals surface area contributed by atoms with E-state index in [1.165, 1.54) is 17.3 Å². The van der Waals surface area contributed by atoms with Gasteiger partial charge in [0.2, 0.25) is 5.91 Å². The number of hydrogen-bond acceptors (Lipinski definition) is 5. The predicted molar refractivity (Wildman–Crippen MR) is 118 cm³/mol. The van der Waals surface area contributed by atoms with Crippen molar-refractivity contribution < 1.29 is 9.21 Å². The van der Waals surface area contributed by atoms with Crippen LogP contribution in [0.3, 0.4) is 0 Å². The van der Waals surface area contributed by atoms with Crippen molar-refractivity contribution in [3.05, 3.63) is 78.6 Å². The van der Waals surface area contributed by atoms with Crippen LogP contribution in [-0.2, 0) is 11.8 Å². The van der Waals surface area contributed by atoms with Crippen molar-refractivity contribution >= 4 is 17.7 Å². The zero-order valence-corrected chi connectivity index (χ0v) is 17.6. The Labute approximate surface area is 179 Å². The number of carbonyl (C=O) groups excluding carboxylic acids is 1. The maximum Gasteiger partial charge on any atom is 0.230 e. The Hall–Kier alpha value is -3.32. The lowest BCUT2D eigenvalue weighted by atomic mass is 10.0. The predicted octanol–water partition coefficient (Wildman–Crippen LogP) is 4.71. The molecule has 0 saturated heterocycles. The van der Waals surface area contributed by atoms with Crippen LogP contribution in [0.15, 0.2) is 82.6 Å². The molecule has 2 aromatic heterocycles. The smallest absolute Gasteiger partial charge is 0.230 e. The van der Waals surface area contributed by atoms with E-state index in [1.807, 2.05) is 42.8 Å². The summed E-state index contributed by atoms with van der Waals surface area (Å²) in [5.74, 6) is 1.49. The van der Waals surface area contributed by atoms with Gasteiger partial charge in [0, 0.05) is 7.05 Å². The van der Waals surface area contributed by atoms with Gasteiger partial charge in [0.25, 0.3) is 0 Å². The van der Waals surface area contributed by atoms with Crippen molar-refractivity contribution in [2.75, 3.05) is 5.75 Å². The van der Waals surface area contributed by atoms with Crippen LogP contribution in [0.2, 0.25) is 0 Å². The second-order valence-corrected chi connectivity index (χ2v) is 7.85. The maximum atomic E-state index is 12.4. The number of nitrogens with one attached hydrogen (secondary N) is 1. The number of carbonyl (C=O) groups is 1. The van der Waals surface area contributed by atoms with Crippen LogP contribution < -0.4 is 5.32 Å². The highest BCUT2D eigenvalue weighted by Crippen LogP contribution is 2.24. The minimum atomic E-state index is -0.0823. The summed E-state index contributed by atoms with van der Waals surface area (Å²) in [6.45, 7) is 1.98. The first-order valence-electron chi connectivity index (χ1n) is 9.62. The number of benzene rings is 2. The Morgan fingerprint density at radius 3 is 2.47 bits per heavy atom. The van der Waals surface area contributed by atoms with Crippen LogP contribution in [0.1, 0.15) is 18.5 Å². The molecule has 2 aromatic carbocycles. The molecule has 2 heterocycles. The van der Waals surface area contributed by atoms with Crippen LogP contribution >= 0.6 is 11.8 Å². The summed E-state index contributed by atoms with van der Waals surface area (Å²) in [5, 5.41) is 12.0. The third-order valence-electron chi connectivity index (χ3n) is 4.80. The van der Waals surface area contributed by atoms with E-state index in [1.54, 1.807) is 12.3 Å². The number of aromatic nitrogens is 3. The zero-order valence-electron chi connectivity index (χ0n) is 16.8. The molecular formula is C23H22N4O2S. The minimum Gasteiger partial charge on any atom is -0.461 e. The fourth-order valence-corrected chi connectivity index (χ4v) is 3.87. The van der Waals surface area contributed by atoms with Crippen LogP contribution in [0.25, 0.3) is 22.7 Å². The van der Waals surface area contributed by atoms with E-state index < -0.39 is 0 Å². The topological polar surface area (TPSA) is 73.0 Å². The Bertz CT molecular complexity index is 1110. The first kappa shape index (κ1) is 20.0. The van der Waals surface area contributed by atoms with Crippen molar-refractivity contribution in [2.24, 2.45) is 7.05 Å². The van der Waals surface area contributed by atoms with Gasteiger partial charge in [0.05, 0.1) is 18.1 Å². The highest BCUT2D eigenvalue weighted by molar-refractivity contribution is 7.99. The third kappa shape index (κ3) is 4.46.